The zero-order valence-corrected chi connectivity index (χ0v) is 11.3. The highest BCUT2D eigenvalue weighted by Gasteiger charge is 2.37. The van der Waals surface area contributed by atoms with E-state index in [9.17, 15) is 14.4 Å². The first-order chi connectivity index (χ1) is 8.88. The number of imide groups is 1. The molecular weight excluding hydrogens is 293 g/mol. The fraction of sp³-hybridized carbons (Fsp3) is 0.273. The van der Waals surface area contributed by atoms with Gasteiger partial charge in [-0.05, 0) is 12.1 Å². The summed E-state index contributed by atoms with van der Waals surface area (Å²) in [5.74, 6) is -1.31. The third-order valence-corrected chi connectivity index (χ3v) is 3.10. The molecule has 1 aliphatic rings. The lowest BCUT2D eigenvalue weighted by molar-refractivity contribution is -0.137. The second-order valence-corrected chi connectivity index (χ2v) is 4.80. The molecule has 1 N–H and O–H groups in total. The van der Waals surface area contributed by atoms with Gasteiger partial charge in [-0.2, -0.15) is 0 Å². The highest BCUT2D eigenvalue weighted by atomic mass is 35.5. The quantitative estimate of drug-likeness (QED) is 0.649. The van der Waals surface area contributed by atoms with Gasteiger partial charge in [0.25, 0.3) is 11.8 Å². The van der Waals surface area contributed by atoms with E-state index in [0.29, 0.717) is 0 Å². The van der Waals surface area contributed by atoms with Gasteiger partial charge in [0.05, 0.1) is 6.42 Å². The Labute approximate surface area is 118 Å². The predicted octanol–water partition coefficient (Wildman–Crippen LogP) is 0.875. The topological polar surface area (TPSA) is 79.4 Å². The highest BCUT2D eigenvalue weighted by Crippen LogP contribution is 2.16. The molecule has 0 aromatic carbocycles. The van der Waals surface area contributed by atoms with E-state index >= 15 is 0 Å². The number of aromatic nitrogens is 1. The van der Waals surface area contributed by atoms with Crippen molar-refractivity contribution in [3.8, 4) is 0 Å². The largest absolute Gasteiger partial charge is 0.340 e. The van der Waals surface area contributed by atoms with E-state index in [0.717, 1.165) is 4.90 Å². The first-order valence-corrected chi connectivity index (χ1v) is 6.08. The summed E-state index contributed by atoms with van der Waals surface area (Å²) in [6.45, 7) is 0. The Hall–Kier alpha value is -1.66. The zero-order valence-electron chi connectivity index (χ0n) is 9.81. The van der Waals surface area contributed by atoms with Crippen LogP contribution in [0.15, 0.2) is 12.1 Å². The van der Waals surface area contributed by atoms with Crippen molar-refractivity contribution in [2.45, 2.75) is 12.5 Å². The van der Waals surface area contributed by atoms with Crippen molar-refractivity contribution in [3.63, 3.8) is 0 Å². The molecule has 3 amide bonds. The number of carbonyl (C=O) groups is 3. The summed E-state index contributed by atoms with van der Waals surface area (Å²) >= 11 is 11.4. The number of rotatable bonds is 2. The molecule has 1 fully saturated rings. The molecule has 0 saturated carbocycles. The van der Waals surface area contributed by atoms with Gasteiger partial charge in [0.2, 0.25) is 5.91 Å². The van der Waals surface area contributed by atoms with E-state index in [4.69, 9.17) is 23.2 Å². The molecule has 6 nitrogen and oxygen atoms in total. The maximum Gasteiger partial charge on any atom is 0.252 e. The molecule has 1 saturated heterocycles. The van der Waals surface area contributed by atoms with Crippen LogP contribution in [-0.4, -0.2) is 40.7 Å². The molecule has 8 heteroatoms. The van der Waals surface area contributed by atoms with Gasteiger partial charge in [0.15, 0.2) is 0 Å². The minimum absolute atomic E-state index is 0.0480. The Bertz CT molecular complexity index is 556. The van der Waals surface area contributed by atoms with Crippen LogP contribution in [0.4, 0.5) is 0 Å². The summed E-state index contributed by atoms with van der Waals surface area (Å²) in [6.07, 6.45) is -0.0480. The average molecular weight is 302 g/mol. The van der Waals surface area contributed by atoms with Crippen molar-refractivity contribution in [1.29, 1.82) is 0 Å². The van der Waals surface area contributed by atoms with E-state index in [-0.39, 0.29) is 28.2 Å². The number of hydrogen-bond donors (Lipinski definition) is 1. The van der Waals surface area contributed by atoms with Crippen molar-refractivity contribution < 1.29 is 14.4 Å². The number of nitrogens with zero attached hydrogens (tertiary/aromatic N) is 2. The number of hydrogen-bond acceptors (Lipinski definition) is 4. The maximum absolute atomic E-state index is 11.9. The van der Waals surface area contributed by atoms with E-state index in [1.165, 1.54) is 19.2 Å². The first-order valence-electron chi connectivity index (χ1n) is 5.33. The monoisotopic (exact) mass is 301 g/mol. The molecule has 0 bridgehead atoms. The van der Waals surface area contributed by atoms with Crippen molar-refractivity contribution in [2.24, 2.45) is 0 Å². The second-order valence-electron chi connectivity index (χ2n) is 4.02. The zero-order chi connectivity index (χ0) is 14.2. The molecule has 1 aromatic heterocycles. The van der Waals surface area contributed by atoms with Crippen LogP contribution >= 0.6 is 23.2 Å². The molecule has 1 atom stereocenters. The fourth-order valence-corrected chi connectivity index (χ4v) is 2.17. The molecule has 1 aliphatic heterocycles. The van der Waals surface area contributed by atoms with Gasteiger partial charge < -0.3 is 5.32 Å². The van der Waals surface area contributed by atoms with E-state index in [2.05, 4.69) is 10.3 Å². The summed E-state index contributed by atoms with van der Waals surface area (Å²) < 4.78 is 0. The van der Waals surface area contributed by atoms with Crippen LogP contribution in [0.3, 0.4) is 0 Å². The highest BCUT2D eigenvalue weighted by molar-refractivity contribution is 6.33. The van der Waals surface area contributed by atoms with Gasteiger partial charge >= 0.3 is 0 Å². The van der Waals surface area contributed by atoms with Crippen molar-refractivity contribution >= 4 is 40.9 Å². The lowest BCUT2D eigenvalue weighted by atomic mass is 10.2. The van der Waals surface area contributed by atoms with Crippen LogP contribution in [0.2, 0.25) is 10.3 Å². The minimum Gasteiger partial charge on any atom is -0.340 e. The third kappa shape index (κ3) is 2.85. The van der Waals surface area contributed by atoms with Crippen molar-refractivity contribution in [3.05, 3.63) is 28.0 Å². The lowest BCUT2D eigenvalue weighted by Crippen LogP contribution is -2.40. The van der Waals surface area contributed by atoms with Gasteiger partial charge in [0.1, 0.15) is 16.3 Å². The summed E-state index contributed by atoms with van der Waals surface area (Å²) in [7, 11) is 1.37. The molecule has 100 valence electrons. The number of likely N-dealkylation sites (tertiary alicyclic amines) is 1. The maximum atomic E-state index is 11.9. The van der Waals surface area contributed by atoms with E-state index < -0.39 is 17.9 Å². The van der Waals surface area contributed by atoms with Crippen LogP contribution in [0.5, 0.6) is 0 Å². The number of halogens is 2. The van der Waals surface area contributed by atoms with E-state index in [1.807, 2.05) is 0 Å². The number of likely N-dealkylation sites (N-methyl/N-ethyl adjacent to an activating group) is 1. The van der Waals surface area contributed by atoms with Gasteiger partial charge in [-0.15, -0.1) is 0 Å². The molecule has 0 aliphatic carbocycles. The van der Waals surface area contributed by atoms with Gasteiger partial charge in [0, 0.05) is 12.6 Å². The molecule has 0 spiro atoms. The number of amides is 3. The molecule has 19 heavy (non-hydrogen) atoms. The summed E-state index contributed by atoms with van der Waals surface area (Å²) in [5, 5.41) is 2.61. The number of carbonyl (C=O) groups excluding carboxylic acids is 3. The summed E-state index contributed by atoms with van der Waals surface area (Å²) in [6, 6.07) is 1.80. The molecule has 1 aromatic rings. The fourth-order valence-electron chi connectivity index (χ4n) is 1.71. The predicted molar refractivity (Wildman–Crippen MR) is 67.9 cm³/mol. The summed E-state index contributed by atoms with van der Waals surface area (Å²) in [5.41, 5.74) is 0.180. The minimum atomic E-state index is -0.851. The van der Waals surface area contributed by atoms with Crippen molar-refractivity contribution in [1.82, 2.24) is 15.2 Å². The smallest absolute Gasteiger partial charge is 0.252 e. The molecule has 1 unspecified atom stereocenters. The Balaban J connectivity index is 2.14. The number of pyridine rings is 1. The first kappa shape index (κ1) is 13.8. The van der Waals surface area contributed by atoms with Gasteiger partial charge in [-0.25, -0.2) is 4.98 Å². The van der Waals surface area contributed by atoms with Crippen LogP contribution < -0.4 is 5.32 Å². The SMILES string of the molecule is CN1C(=O)CC(NC(=O)c2cc(Cl)nc(Cl)c2)C1=O. The second kappa shape index (κ2) is 5.14. The van der Waals surface area contributed by atoms with Crippen LogP contribution in [0.25, 0.3) is 0 Å². The Morgan fingerprint density at radius 2 is 1.95 bits per heavy atom. The van der Waals surface area contributed by atoms with E-state index in [1.54, 1.807) is 0 Å². The Morgan fingerprint density at radius 3 is 2.42 bits per heavy atom. The Morgan fingerprint density at radius 1 is 1.37 bits per heavy atom. The lowest BCUT2D eigenvalue weighted by Gasteiger charge is -2.11. The average Bonchev–Trinajstić information content (AvgIpc) is 2.56. The molecular formula is C11H9Cl2N3O3. The van der Waals surface area contributed by atoms with Gasteiger partial charge in [-0.3, -0.25) is 19.3 Å². The van der Waals surface area contributed by atoms with Crippen LogP contribution in [0, 0.1) is 0 Å². The number of nitrogens with one attached hydrogen (secondary N) is 1. The van der Waals surface area contributed by atoms with Crippen molar-refractivity contribution in [2.75, 3.05) is 7.05 Å². The summed E-state index contributed by atoms with van der Waals surface area (Å²) in [4.78, 5) is 39.6. The normalized spacial score (nSPS) is 18.9. The molecule has 0 radical (unpaired) electrons. The van der Waals surface area contributed by atoms with Crippen LogP contribution in [-0.2, 0) is 9.59 Å². The third-order valence-electron chi connectivity index (χ3n) is 2.71. The standard InChI is InChI=1S/C11H9Cl2N3O3/c1-16-9(17)4-6(11(16)19)14-10(18)5-2-7(12)15-8(13)3-5/h2-3,6H,4H2,1H3,(H,14,18). The Kier molecular flexibility index (Phi) is 3.73. The molecule has 2 rings (SSSR count). The molecule has 2 heterocycles. The van der Waals surface area contributed by atoms with Crippen LogP contribution in [0.1, 0.15) is 16.8 Å². The van der Waals surface area contributed by atoms with Gasteiger partial charge in [-0.1, -0.05) is 23.2 Å².